The molecule has 7 aromatic rings. The van der Waals surface area contributed by atoms with Crippen LogP contribution in [0.4, 0.5) is 0 Å². The van der Waals surface area contributed by atoms with Gasteiger partial charge in [-0.15, -0.1) is 0 Å². The molecule has 2 unspecified atom stereocenters. The first-order valence-corrected chi connectivity index (χ1v) is 26.5. The maximum atomic E-state index is 6.71. The zero-order valence-corrected chi connectivity index (χ0v) is 43.7. The normalized spacial score (nSPS) is 11.7. The first-order chi connectivity index (χ1) is 35.2. The summed E-state index contributed by atoms with van der Waals surface area (Å²) in [5.41, 5.74) is 12.8. The minimum Gasteiger partial charge on any atom is -0.492 e. The van der Waals surface area contributed by atoms with Crippen LogP contribution in [0.5, 0.6) is 11.5 Å². The third-order valence-electron chi connectivity index (χ3n) is 13.2. The standard InChI is InChI=1S/C70H74O2/c1-53(2)21-19-23-55(5)45-47-71-69-51-66(44-42-58-35-39-60(40-36-58)50-68(63-29-15-9-16-30-63)64-31-17-10-18-32-64)70(72-48-46-56(6)24-20-22-54(3)4)52-65(69)43-41-57-33-37-59(38-34-57)49-67(61-25-11-7-12-26-61)62-27-13-8-14-28-62/h7-18,25-40,49-56H,19-24,45-48H2,1-6H3. The van der Waals surface area contributed by atoms with Crippen LogP contribution in [0.3, 0.4) is 0 Å². The van der Waals surface area contributed by atoms with Gasteiger partial charge in [-0.2, -0.15) is 0 Å². The summed E-state index contributed by atoms with van der Waals surface area (Å²) in [6.07, 6.45) is 13.8. The molecule has 2 nitrogen and oxygen atoms in total. The molecule has 0 saturated carbocycles. The van der Waals surface area contributed by atoms with Gasteiger partial charge < -0.3 is 9.47 Å². The lowest BCUT2D eigenvalue weighted by molar-refractivity contribution is 0.268. The van der Waals surface area contributed by atoms with E-state index in [0.29, 0.717) is 25.0 Å². The van der Waals surface area contributed by atoms with Crippen LogP contribution in [0.25, 0.3) is 23.3 Å². The Bertz CT molecular complexity index is 2620. The lowest BCUT2D eigenvalue weighted by Gasteiger charge is -2.17. The van der Waals surface area contributed by atoms with Gasteiger partial charge in [-0.3, -0.25) is 0 Å². The van der Waals surface area contributed by atoms with Gasteiger partial charge >= 0.3 is 0 Å². The molecule has 0 aromatic heterocycles. The van der Waals surface area contributed by atoms with Crippen molar-refractivity contribution in [1.82, 2.24) is 0 Å². The Balaban J connectivity index is 1.20. The van der Waals surface area contributed by atoms with Crippen LogP contribution in [-0.2, 0) is 0 Å². The fourth-order valence-corrected chi connectivity index (χ4v) is 8.85. The highest BCUT2D eigenvalue weighted by Crippen LogP contribution is 2.32. The van der Waals surface area contributed by atoms with Gasteiger partial charge in [-0.25, -0.2) is 0 Å². The van der Waals surface area contributed by atoms with E-state index in [0.717, 1.165) is 69.6 Å². The number of hydrogen-bond donors (Lipinski definition) is 0. The summed E-state index contributed by atoms with van der Waals surface area (Å²) in [6, 6.07) is 63.5. The Hall–Kier alpha value is -7.26. The molecule has 0 amide bonds. The number of hydrogen-bond acceptors (Lipinski definition) is 2. The molecule has 7 aromatic carbocycles. The van der Waals surface area contributed by atoms with Crippen LogP contribution in [0.2, 0.25) is 0 Å². The molecule has 0 bridgehead atoms. The van der Waals surface area contributed by atoms with Crippen molar-refractivity contribution in [2.24, 2.45) is 23.7 Å². The van der Waals surface area contributed by atoms with Crippen molar-refractivity contribution in [3.05, 3.63) is 238 Å². The second-order valence-electron chi connectivity index (χ2n) is 20.3. The Morgan fingerprint density at radius 3 is 1.00 bits per heavy atom. The summed E-state index contributed by atoms with van der Waals surface area (Å²) in [5, 5.41) is 0. The fourth-order valence-electron chi connectivity index (χ4n) is 8.85. The van der Waals surface area contributed by atoms with Crippen LogP contribution in [-0.4, -0.2) is 13.2 Å². The first kappa shape index (κ1) is 52.6. The van der Waals surface area contributed by atoms with Crippen molar-refractivity contribution in [3.8, 4) is 35.2 Å². The molecule has 0 aliphatic heterocycles. The van der Waals surface area contributed by atoms with Crippen molar-refractivity contribution in [1.29, 1.82) is 0 Å². The first-order valence-electron chi connectivity index (χ1n) is 26.5. The van der Waals surface area contributed by atoms with Gasteiger partial charge in [0.25, 0.3) is 0 Å². The van der Waals surface area contributed by atoms with Gasteiger partial charge in [0.15, 0.2) is 0 Å². The minimum atomic E-state index is 0.564. The maximum absolute atomic E-state index is 6.71. The van der Waals surface area contributed by atoms with Gasteiger partial charge in [0.2, 0.25) is 0 Å². The van der Waals surface area contributed by atoms with Gasteiger partial charge in [0, 0.05) is 23.3 Å². The van der Waals surface area contributed by atoms with E-state index in [1.165, 1.54) is 71.9 Å². The topological polar surface area (TPSA) is 18.5 Å². The van der Waals surface area contributed by atoms with Crippen molar-refractivity contribution < 1.29 is 9.47 Å². The van der Waals surface area contributed by atoms with Crippen LogP contribution in [0, 0.1) is 47.4 Å². The molecular weight excluding hydrogens is 873 g/mol. The lowest BCUT2D eigenvalue weighted by atomic mass is 9.95. The molecule has 0 N–H and O–H groups in total. The highest BCUT2D eigenvalue weighted by Gasteiger charge is 2.14. The smallest absolute Gasteiger partial charge is 0.136 e. The molecule has 2 heteroatoms. The van der Waals surface area contributed by atoms with Gasteiger partial charge in [-0.05, 0) is 117 Å². The van der Waals surface area contributed by atoms with Crippen LogP contribution < -0.4 is 9.47 Å². The molecule has 0 aliphatic carbocycles. The Kier molecular flexibility index (Phi) is 20.4. The molecule has 7 rings (SSSR count). The van der Waals surface area contributed by atoms with Gasteiger partial charge in [0.1, 0.15) is 11.5 Å². The second-order valence-corrected chi connectivity index (χ2v) is 20.3. The van der Waals surface area contributed by atoms with Gasteiger partial charge in [0.05, 0.1) is 24.3 Å². The van der Waals surface area contributed by atoms with Crippen molar-refractivity contribution in [3.63, 3.8) is 0 Å². The molecule has 0 heterocycles. The average Bonchev–Trinajstić information content (AvgIpc) is 3.40. The number of ether oxygens (including phenoxy) is 2. The van der Waals surface area contributed by atoms with E-state index in [9.17, 15) is 0 Å². The van der Waals surface area contributed by atoms with Crippen molar-refractivity contribution in [2.75, 3.05) is 13.2 Å². The number of benzene rings is 7. The summed E-state index contributed by atoms with van der Waals surface area (Å²) in [7, 11) is 0. The molecule has 0 radical (unpaired) electrons. The van der Waals surface area contributed by atoms with Gasteiger partial charge in [-0.1, -0.05) is 249 Å². The lowest BCUT2D eigenvalue weighted by Crippen LogP contribution is -2.08. The summed E-state index contributed by atoms with van der Waals surface area (Å²) in [4.78, 5) is 0. The highest BCUT2D eigenvalue weighted by molar-refractivity contribution is 5.92. The summed E-state index contributed by atoms with van der Waals surface area (Å²) < 4.78 is 13.4. The maximum Gasteiger partial charge on any atom is 0.136 e. The predicted octanol–water partition coefficient (Wildman–Crippen LogP) is 18.1. The SMILES string of the molecule is CC(C)CCCC(C)CCOc1cc(C#Cc2ccc(C=C(c3ccccc3)c3ccccc3)cc2)c(OCCC(C)CCCC(C)C)cc1C#Cc1ccc(C=C(c2ccccc2)c2ccccc2)cc1. The zero-order chi connectivity index (χ0) is 50.3. The third-order valence-corrected chi connectivity index (χ3v) is 13.2. The van der Waals surface area contributed by atoms with Crippen LogP contribution >= 0.6 is 0 Å². The molecule has 366 valence electrons. The molecule has 0 saturated heterocycles. The zero-order valence-electron chi connectivity index (χ0n) is 43.7. The molecule has 0 fully saturated rings. The Morgan fingerprint density at radius 1 is 0.375 bits per heavy atom. The van der Waals surface area contributed by atoms with E-state index >= 15 is 0 Å². The third kappa shape index (κ3) is 17.0. The highest BCUT2D eigenvalue weighted by atomic mass is 16.5. The Morgan fingerprint density at radius 2 is 0.694 bits per heavy atom. The van der Waals surface area contributed by atoms with E-state index < -0.39 is 0 Å². The molecule has 0 spiro atoms. The van der Waals surface area contributed by atoms with Crippen LogP contribution in [0.1, 0.15) is 149 Å². The Labute approximate surface area is 433 Å². The monoisotopic (exact) mass is 947 g/mol. The summed E-state index contributed by atoms with van der Waals surface area (Å²) in [6.45, 7) is 15.1. The predicted molar refractivity (Wildman–Crippen MR) is 307 cm³/mol. The van der Waals surface area contributed by atoms with E-state index in [-0.39, 0.29) is 0 Å². The van der Waals surface area contributed by atoms with Crippen molar-refractivity contribution in [2.45, 2.75) is 92.9 Å². The fraction of sp³-hybridized carbons (Fsp3) is 0.286. The largest absolute Gasteiger partial charge is 0.492 e. The molecule has 72 heavy (non-hydrogen) atoms. The summed E-state index contributed by atoms with van der Waals surface area (Å²) >= 11 is 0. The molecular formula is C70H74O2. The molecule has 2 atom stereocenters. The quantitative estimate of drug-likeness (QED) is 0.0498. The van der Waals surface area contributed by atoms with E-state index in [1.807, 2.05) is 0 Å². The minimum absolute atomic E-state index is 0.564. The van der Waals surface area contributed by atoms with E-state index in [4.69, 9.17) is 9.47 Å². The van der Waals surface area contributed by atoms with E-state index in [1.54, 1.807) is 0 Å². The second kappa shape index (κ2) is 28.0. The average molecular weight is 947 g/mol. The van der Waals surface area contributed by atoms with Crippen LogP contribution in [0.15, 0.2) is 182 Å². The molecule has 0 aliphatic rings. The van der Waals surface area contributed by atoms with Crippen molar-refractivity contribution >= 4 is 23.3 Å². The van der Waals surface area contributed by atoms with E-state index in [2.05, 4.69) is 259 Å². The number of rotatable bonds is 22. The summed E-state index contributed by atoms with van der Waals surface area (Å²) in [5.74, 6) is 18.1.